The van der Waals surface area contributed by atoms with Gasteiger partial charge >= 0.3 is 5.97 Å². The third-order valence-corrected chi connectivity index (χ3v) is 4.73. The van der Waals surface area contributed by atoms with Gasteiger partial charge in [-0.2, -0.15) is 0 Å². The first-order valence-corrected chi connectivity index (χ1v) is 10.1. The predicted molar refractivity (Wildman–Crippen MR) is 111 cm³/mol. The lowest BCUT2D eigenvalue weighted by molar-refractivity contribution is -0.148. The number of ether oxygens (including phenoxy) is 1. The van der Waals surface area contributed by atoms with Crippen LogP contribution in [0.5, 0.6) is 0 Å². The van der Waals surface area contributed by atoms with Crippen LogP contribution >= 0.6 is 15.9 Å². The van der Waals surface area contributed by atoms with Crippen LogP contribution in [0.25, 0.3) is 0 Å². The fourth-order valence-corrected chi connectivity index (χ4v) is 3.01. The van der Waals surface area contributed by atoms with E-state index in [1.807, 2.05) is 37.3 Å². The molecule has 0 heterocycles. The van der Waals surface area contributed by atoms with E-state index in [4.69, 9.17) is 4.74 Å². The van der Waals surface area contributed by atoms with Gasteiger partial charge in [0.05, 0.1) is 12.5 Å². The number of carbonyl (C=O) groups is 3. The molecule has 6 heteroatoms. The predicted octanol–water partition coefficient (Wildman–Crippen LogP) is 4.61. The summed E-state index contributed by atoms with van der Waals surface area (Å²) in [5, 5.41) is 2.90. The molecule has 28 heavy (non-hydrogen) atoms. The maximum atomic E-state index is 12.1. The molecule has 2 aromatic rings. The first-order chi connectivity index (χ1) is 13.5. The maximum absolute atomic E-state index is 12.1. The van der Waals surface area contributed by atoms with Crippen molar-refractivity contribution in [1.29, 1.82) is 0 Å². The Kier molecular flexibility index (Phi) is 8.88. The average Bonchev–Trinajstić information content (AvgIpc) is 2.71. The smallest absolute Gasteiger partial charge is 0.306 e. The summed E-state index contributed by atoms with van der Waals surface area (Å²) < 4.78 is 5.89. The van der Waals surface area contributed by atoms with Crippen molar-refractivity contribution in [3.05, 3.63) is 70.2 Å². The van der Waals surface area contributed by atoms with Crippen LogP contribution in [0.1, 0.15) is 54.6 Å². The van der Waals surface area contributed by atoms with Crippen molar-refractivity contribution in [3.63, 3.8) is 0 Å². The second kappa shape index (κ2) is 11.4. The molecule has 0 fully saturated rings. The Morgan fingerprint density at radius 3 is 2.32 bits per heavy atom. The number of amides is 1. The first kappa shape index (κ1) is 21.8. The van der Waals surface area contributed by atoms with E-state index in [0.29, 0.717) is 5.56 Å². The summed E-state index contributed by atoms with van der Waals surface area (Å²) >= 11 is 3.31. The molecular weight excluding hydrogens is 422 g/mol. The zero-order valence-electron chi connectivity index (χ0n) is 15.8. The van der Waals surface area contributed by atoms with E-state index in [-0.39, 0.29) is 37.2 Å². The molecule has 0 aliphatic carbocycles. The Labute approximate surface area is 173 Å². The van der Waals surface area contributed by atoms with E-state index < -0.39 is 5.97 Å². The van der Waals surface area contributed by atoms with E-state index in [1.165, 1.54) is 0 Å². The molecule has 0 aliphatic heterocycles. The van der Waals surface area contributed by atoms with Crippen LogP contribution in [0, 0.1) is 0 Å². The highest BCUT2D eigenvalue weighted by Crippen LogP contribution is 2.18. The van der Waals surface area contributed by atoms with Crippen LogP contribution in [-0.2, 0) is 14.3 Å². The number of hydrogen-bond donors (Lipinski definition) is 1. The summed E-state index contributed by atoms with van der Waals surface area (Å²) in [5.74, 6) is -1.05. The van der Waals surface area contributed by atoms with E-state index in [0.717, 1.165) is 22.9 Å². The van der Waals surface area contributed by atoms with Gasteiger partial charge in [0.15, 0.2) is 12.4 Å². The minimum atomic E-state index is -0.563. The topological polar surface area (TPSA) is 72.5 Å². The average molecular weight is 446 g/mol. The number of carbonyl (C=O) groups excluding carboxylic acids is 3. The summed E-state index contributed by atoms with van der Waals surface area (Å²) in [6, 6.07) is 16.5. The number of rotatable bonds is 10. The van der Waals surface area contributed by atoms with Crippen LogP contribution in [0.4, 0.5) is 0 Å². The Hall–Kier alpha value is -2.47. The highest BCUT2D eigenvalue weighted by molar-refractivity contribution is 9.10. The number of benzene rings is 2. The van der Waals surface area contributed by atoms with E-state index in [1.54, 1.807) is 24.3 Å². The molecule has 0 radical (unpaired) electrons. The molecule has 0 aromatic heterocycles. The number of ketones is 1. The van der Waals surface area contributed by atoms with Crippen molar-refractivity contribution in [3.8, 4) is 0 Å². The molecule has 0 bridgehead atoms. The second-order valence-corrected chi connectivity index (χ2v) is 7.33. The summed E-state index contributed by atoms with van der Waals surface area (Å²) in [5.41, 5.74) is 1.56. The molecule has 2 rings (SSSR count). The molecule has 2 aromatic carbocycles. The van der Waals surface area contributed by atoms with Crippen LogP contribution in [-0.4, -0.2) is 24.3 Å². The fourth-order valence-electron chi connectivity index (χ4n) is 2.75. The number of esters is 1. The van der Waals surface area contributed by atoms with E-state index in [2.05, 4.69) is 21.2 Å². The summed E-state index contributed by atoms with van der Waals surface area (Å²) in [4.78, 5) is 36.1. The second-order valence-electron chi connectivity index (χ2n) is 6.41. The van der Waals surface area contributed by atoms with Crippen molar-refractivity contribution >= 4 is 33.6 Å². The zero-order chi connectivity index (χ0) is 20.4. The summed E-state index contributed by atoms with van der Waals surface area (Å²) in [6.07, 6.45) is 1.70. The Morgan fingerprint density at radius 2 is 1.68 bits per heavy atom. The Bertz CT molecular complexity index is 790. The van der Waals surface area contributed by atoms with Gasteiger partial charge in [0.2, 0.25) is 0 Å². The van der Waals surface area contributed by atoms with Gasteiger partial charge in [-0.05, 0) is 24.1 Å². The number of Topliss-reactive ketones (excluding diaryl/α,β-unsaturated/α-hetero) is 1. The SMILES string of the molecule is CCCC(NC(=O)COC(=O)CCC(=O)c1ccc(Br)cc1)c1ccccc1. The molecule has 1 atom stereocenters. The van der Waals surface area contributed by atoms with Gasteiger partial charge in [0, 0.05) is 16.5 Å². The highest BCUT2D eigenvalue weighted by atomic mass is 79.9. The lowest BCUT2D eigenvalue weighted by Gasteiger charge is -2.18. The quantitative estimate of drug-likeness (QED) is 0.427. The van der Waals surface area contributed by atoms with Gasteiger partial charge in [-0.3, -0.25) is 14.4 Å². The minimum Gasteiger partial charge on any atom is -0.456 e. The van der Waals surface area contributed by atoms with Crippen molar-refractivity contribution in [2.75, 3.05) is 6.61 Å². The molecule has 5 nitrogen and oxygen atoms in total. The fraction of sp³-hybridized carbons (Fsp3) is 0.318. The van der Waals surface area contributed by atoms with Crippen LogP contribution < -0.4 is 5.32 Å². The largest absolute Gasteiger partial charge is 0.456 e. The Balaban J connectivity index is 1.76. The van der Waals surface area contributed by atoms with E-state index >= 15 is 0 Å². The number of hydrogen-bond acceptors (Lipinski definition) is 4. The zero-order valence-corrected chi connectivity index (χ0v) is 17.4. The summed E-state index contributed by atoms with van der Waals surface area (Å²) in [7, 11) is 0. The number of halogens is 1. The van der Waals surface area contributed by atoms with Gasteiger partial charge < -0.3 is 10.1 Å². The third-order valence-electron chi connectivity index (χ3n) is 4.20. The lowest BCUT2D eigenvalue weighted by Crippen LogP contribution is -2.32. The molecule has 0 saturated heterocycles. The molecule has 1 unspecified atom stereocenters. The molecule has 0 aliphatic rings. The number of nitrogens with one attached hydrogen (secondary N) is 1. The molecule has 1 N–H and O–H groups in total. The monoisotopic (exact) mass is 445 g/mol. The van der Waals surface area contributed by atoms with Gasteiger partial charge in [0.1, 0.15) is 0 Å². The standard InChI is InChI=1S/C22H24BrNO4/c1-2-6-19(16-7-4-3-5-8-16)24-21(26)15-28-22(27)14-13-20(25)17-9-11-18(23)12-10-17/h3-5,7-12,19H,2,6,13-15H2,1H3,(H,24,26). The molecule has 1 amide bonds. The summed E-state index contributed by atoms with van der Waals surface area (Å²) in [6.45, 7) is 1.70. The van der Waals surface area contributed by atoms with Crippen molar-refractivity contribution < 1.29 is 19.1 Å². The van der Waals surface area contributed by atoms with Crippen molar-refractivity contribution in [1.82, 2.24) is 5.32 Å². The molecule has 0 spiro atoms. The molecule has 0 saturated carbocycles. The van der Waals surface area contributed by atoms with Crippen LogP contribution in [0.15, 0.2) is 59.1 Å². The van der Waals surface area contributed by atoms with Gasteiger partial charge in [0.25, 0.3) is 5.91 Å². The Morgan fingerprint density at radius 1 is 1.00 bits per heavy atom. The van der Waals surface area contributed by atoms with Gasteiger partial charge in [-0.1, -0.05) is 71.7 Å². The minimum absolute atomic E-state index is 0.0462. The van der Waals surface area contributed by atoms with Crippen molar-refractivity contribution in [2.45, 2.75) is 38.6 Å². The third kappa shape index (κ3) is 7.27. The first-order valence-electron chi connectivity index (χ1n) is 9.28. The normalized spacial score (nSPS) is 11.5. The molecular formula is C22H24BrNO4. The van der Waals surface area contributed by atoms with E-state index in [9.17, 15) is 14.4 Å². The van der Waals surface area contributed by atoms with Crippen LogP contribution in [0.3, 0.4) is 0 Å². The highest BCUT2D eigenvalue weighted by Gasteiger charge is 2.16. The maximum Gasteiger partial charge on any atom is 0.306 e. The molecule has 148 valence electrons. The van der Waals surface area contributed by atoms with Gasteiger partial charge in [-0.15, -0.1) is 0 Å². The van der Waals surface area contributed by atoms with Gasteiger partial charge in [-0.25, -0.2) is 0 Å². The van der Waals surface area contributed by atoms with Crippen molar-refractivity contribution in [2.24, 2.45) is 0 Å². The van der Waals surface area contributed by atoms with Crippen LogP contribution in [0.2, 0.25) is 0 Å². The lowest BCUT2D eigenvalue weighted by atomic mass is 10.0.